The number of nitriles is 1. The number of hydrogen-bond acceptors (Lipinski definition) is 3. The predicted octanol–water partition coefficient (Wildman–Crippen LogP) is 5.40. The number of nitrogens with zero attached hydrogens (tertiary/aromatic N) is 4. The van der Waals surface area contributed by atoms with E-state index in [1.54, 1.807) is 6.08 Å². The zero-order valence-electron chi connectivity index (χ0n) is 17.9. The van der Waals surface area contributed by atoms with Gasteiger partial charge in [-0.05, 0) is 64.8 Å². The summed E-state index contributed by atoms with van der Waals surface area (Å²) >= 11 is 0. The summed E-state index contributed by atoms with van der Waals surface area (Å²) in [4.78, 5) is 9.48. The van der Waals surface area contributed by atoms with Crippen LogP contribution in [0, 0.1) is 18.3 Å². The van der Waals surface area contributed by atoms with Gasteiger partial charge in [0.15, 0.2) is 5.65 Å². The van der Waals surface area contributed by atoms with E-state index < -0.39 is 0 Å². The number of imidazole rings is 1. The molecule has 4 nitrogen and oxygen atoms in total. The Labute approximate surface area is 182 Å². The zero-order valence-corrected chi connectivity index (χ0v) is 17.9. The van der Waals surface area contributed by atoms with E-state index in [0.29, 0.717) is 0 Å². The maximum atomic E-state index is 9.42. The smallest absolute Gasteiger partial charge is 0.160 e. The molecular weight excluding hydrogens is 380 g/mol. The first-order chi connectivity index (χ1) is 15.2. The quantitative estimate of drug-likeness (QED) is 0.429. The minimum atomic E-state index is 0.744. The van der Waals surface area contributed by atoms with E-state index in [0.717, 1.165) is 59.5 Å². The van der Waals surface area contributed by atoms with Crippen molar-refractivity contribution < 1.29 is 0 Å². The van der Waals surface area contributed by atoms with Crippen LogP contribution < -0.4 is 0 Å². The molecule has 0 unspecified atom stereocenters. The maximum Gasteiger partial charge on any atom is 0.160 e. The van der Waals surface area contributed by atoms with E-state index in [4.69, 9.17) is 4.98 Å². The van der Waals surface area contributed by atoms with Crippen LogP contribution in [0.3, 0.4) is 0 Å². The van der Waals surface area contributed by atoms with Gasteiger partial charge in [-0.15, -0.1) is 0 Å². The lowest BCUT2D eigenvalue weighted by atomic mass is 9.93. The first-order valence-electron chi connectivity index (χ1n) is 10.8. The van der Waals surface area contributed by atoms with Crippen molar-refractivity contribution in [2.75, 3.05) is 0 Å². The summed E-state index contributed by atoms with van der Waals surface area (Å²) < 4.78 is 2.24. The van der Waals surface area contributed by atoms with Crippen molar-refractivity contribution in [2.45, 2.75) is 39.7 Å². The molecule has 152 valence electrons. The second-order valence-corrected chi connectivity index (χ2v) is 8.10. The fourth-order valence-electron chi connectivity index (χ4n) is 4.65. The Morgan fingerprint density at radius 2 is 1.87 bits per heavy atom. The van der Waals surface area contributed by atoms with Crippen LogP contribution in [0.5, 0.6) is 0 Å². The highest BCUT2D eigenvalue weighted by molar-refractivity contribution is 5.85. The van der Waals surface area contributed by atoms with Crippen molar-refractivity contribution in [1.29, 1.82) is 5.26 Å². The lowest BCUT2D eigenvalue weighted by Crippen LogP contribution is -2.06. The van der Waals surface area contributed by atoms with Gasteiger partial charge in [-0.2, -0.15) is 5.26 Å². The molecule has 0 fully saturated rings. The van der Waals surface area contributed by atoms with Gasteiger partial charge in [-0.3, -0.25) is 0 Å². The van der Waals surface area contributed by atoms with Gasteiger partial charge < -0.3 is 4.57 Å². The van der Waals surface area contributed by atoms with Gasteiger partial charge in [0.25, 0.3) is 0 Å². The molecule has 0 radical (unpaired) electrons. The average molecular weight is 405 g/mol. The number of aryl methyl sites for hydroxylation is 4. The third kappa shape index (κ3) is 3.33. The van der Waals surface area contributed by atoms with Crippen LogP contribution >= 0.6 is 0 Å². The van der Waals surface area contributed by atoms with E-state index >= 15 is 0 Å². The van der Waals surface area contributed by atoms with Crippen LogP contribution in [-0.2, 0) is 25.8 Å². The monoisotopic (exact) mass is 404 g/mol. The van der Waals surface area contributed by atoms with Crippen molar-refractivity contribution in [3.63, 3.8) is 0 Å². The van der Waals surface area contributed by atoms with Gasteiger partial charge >= 0.3 is 0 Å². The molecule has 0 spiro atoms. The van der Waals surface area contributed by atoms with E-state index in [1.165, 1.54) is 22.3 Å². The molecule has 0 saturated heterocycles. The van der Waals surface area contributed by atoms with Gasteiger partial charge in [0.05, 0.1) is 12.6 Å². The zero-order chi connectivity index (χ0) is 21.4. The number of hydrogen-bond donors (Lipinski definition) is 0. The molecule has 31 heavy (non-hydrogen) atoms. The van der Waals surface area contributed by atoms with Gasteiger partial charge in [-0.1, -0.05) is 49.4 Å². The summed E-state index contributed by atoms with van der Waals surface area (Å²) in [5.74, 6) is 1.06. The summed E-state index contributed by atoms with van der Waals surface area (Å²) in [5, 5.41) is 9.42. The first-order valence-corrected chi connectivity index (χ1v) is 10.8. The summed E-state index contributed by atoms with van der Waals surface area (Å²) in [6.07, 6.45) is 6.36. The molecule has 0 bridgehead atoms. The standard InChI is InChI=1S/C27H24N4/c1-3-25-30-26-18(2)13-15-29-27(26)31(25)17-19-8-11-23-21(16-19)10-9-20-6-4-5-7-22(20)24(23)12-14-28/h4-8,11-13,15-16H,3,9-10,17H2,1-2H3. The van der Waals surface area contributed by atoms with Crippen molar-refractivity contribution in [3.8, 4) is 6.07 Å². The van der Waals surface area contributed by atoms with E-state index in [2.05, 4.69) is 71.9 Å². The van der Waals surface area contributed by atoms with Crippen LogP contribution in [-0.4, -0.2) is 14.5 Å². The number of rotatable bonds is 3. The lowest BCUT2D eigenvalue weighted by molar-refractivity contribution is 0.745. The Balaban J connectivity index is 1.58. The molecule has 1 aliphatic rings. The lowest BCUT2D eigenvalue weighted by Gasteiger charge is -2.13. The van der Waals surface area contributed by atoms with E-state index in [1.807, 2.05) is 12.3 Å². The van der Waals surface area contributed by atoms with E-state index in [-0.39, 0.29) is 0 Å². The van der Waals surface area contributed by atoms with Crippen molar-refractivity contribution in [2.24, 2.45) is 0 Å². The van der Waals surface area contributed by atoms with Crippen LogP contribution in [0.25, 0.3) is 16.7 Å². The average Bonchev–Trinajstić information content (AvgIpc) is 3.07. The van der Waals surface area contributed by atoms with Crippen LogP contribution in [0.2, 0.25) is 0 Å². The third-order valence-electron chi connectivity index (χ3n) is 6.21. The Bertz CT molecular complexity index is 1370. The van der Waals surface area contributed by atoms with Crippen LogP contribution in [0.1, 0.15) is 46.1 Å². The number of benzene rings is 2. The summed E-state index contributed by atoms with van der Waals surface area (Å²) in [6.45, 7) is 4.97. The van der Waals surface area contributed by atoms with Gasteiger partial charge in [0.2, 0.25) is 0 Å². The van der Waals surface area contributed by atoms with Gasteiger partial charge in [0.1, 0.15) is 11.3 Å². The fraction of sp³-hybridized carbons (Fsp3) is 0.222. The summed E-state index contributed by atoms with van der Waals surface area (Å²) in [6, 6.07) is 19.4. The number of pyridine rings is 1. The minimum Gasteiger partial charge on any atom is -0.308 e. The van der Waals surface area contributed by atoms with Crippen molar-refractivity contribution in [3.05, 3.63) is 100 Å². The highest BCUT2D eigenvalue weighted by Crippen LogP contribution is 2.34. The van der Waals surface area contributed by atoms with E-state index in [9.17, 15) is 5.26 Å². The molecule has 2 aromatic heterocycles. The SMILES string of the molecule is CCc1nc2c(C)ccnc2n1Cc1ccc2c(c1)CCc1ccccc1C2=CC#N. The molecule has 2 heterocycles. The molecule has 1 aliphatic carbocycles. The highest BCUT2D eigenvalue weighted by Gasteiger charge is 2.19. The minimum absolute atomic E-state index is 0.744. The Hall–Kier alpha value is -3.71. The molecule has 0 amide bonds. The summed E-state index contributed by atoms with van der Waals surface area (Å²) in [5.41, 5.74) is 10.3. The topological polar surface area (TPSA) is 54.5 Å². The van der Waals surface area contributed by atoms with Crippen molar-refractivity contribution in [1.82, 2.24) is 14.5 Å². The van der Waals surface area contributed by atoms with Gasteiger partial charge in [-0.25, -0.2) is 9.97 Å². The fourth-order valence-corrected chi connectivity index (χ4v) is 4.65. The highest BCUT2D eigenvalue weighted by atomic mass is 15.1. The Morgan fingerprint density at radius 3 is 2.71 bits per heavy atom. The molecule has 0 N–H and O–H groups in total. The molecular formula is C27H24N4. The first kappa shape index (κ1) is 19.3. The molecule has 2 aromatic carbocycles. The Kier molecular flexibility index (Phi) is 4.88. The molecule has 5 rings (SSSR count). The molecule has 0 saturated carbocycles. The molecule has 4 aromatic rings. The van der Waals surface area contributed by atoms with Crippen LogP contribution in [0.15, 0.2) is 60.8 Å². The summed E-state index contributed by atoms with van der Waals surface area (Å²) in [7, 11) is 0. The Morgan fingerprint density at radius 1 is 1.06 bits per heavy atom. The maximum absolute atomic E-state index is 9.42. The molecule has 0 aliphatic heterocycles. The van der Waals surface area contributed by atoms with Crippen molar-refractivity contribution >= 4 is 16.7 Å². The number of allylic oxidation sites excluding steroid dienone is 1. The third-order valence-corrected chi connectivity index (χ3v) is 6.21. The second kappa shape index (κ2) is 7.85. The second-order valence-electron chi connectivity index (χ2n) is 8.10. The predicted molar refractivity (Wildman–Crippen MR) is 124 cm³/mol. The van der Waals surface area contributed by atoms with Gasteiger partial charge in [0, 0.05) is 18.7 Å². The largest absolute Gasteiger partial charge is 0.308 e. The molecule has 4 heteroatoms. The number of fused-ring (bicyclic) bond motifs is 3. The normalized spacial score (nSPS) is 14.2. The van der Waals surface area contributed by atoms with Crippen LogP contribution in [0.4, 0.5) is 0 Å². The molecule has 0 atom stereocenters. The number of aromatic nitrogens is 3.